The fourth-order valence-corrected chi connectivity index (χ4v) is 1.08. The molecule has 1 heterocycles. The van der Waals surface area contributed by atoms with Gasteiger partial charge in [0.25, 0.3) is 0 Å². The highest BCUT2D eigenvalue weighted by molar-refractivity contribution is 7.90. The summed E-state index contributed by atoms with van der Waals surface area (Å²) in [5.41, 5.74) is 0.598. The standard InChI is InChI=1S/C6H7N2O2S/c1-5-3-4-7-6(8-5)11(2,9)10/h3H,1-2H3. The van der Waals surface area contributed by atoms with Crippen molar-refractivity contribution in [3.8, 4) is 0 Å². The van der Waals surface area contributed by atoms with Crippen LogP contribution < -0.4 is 0 Å². The maximum Gasteiger partial charge on any atom is 0.247 e. The van der Waals surface area contributed by atoms with Gasteiger partial charge in [-0.1, -0.05) is 0 Å². The average molecular weight is 171 g/mol. The number of aryl methyl sites for hydroxylation is 1. The SMILES string of the molecule is Cc1c[c]nc(S(C)(=O)=O)n1. The van der Waals surface area contributed by atoms with E-state index in [4.69, 9.17) is 0 Å². The van der Waals surface area contributed by atoms with Crippen molar-refractivity contribution in [2.75, 3.05) is 6.26 Å². The van der Waals surface area contributed by atoms with Crippen molar-refractivity contribution in [3.05, 3.63) is 18.0 Å². The molecule has 5 heteroatoms. The number of aromatic nitrogens is 2. The Balaban J connectivity index is 3.28. The normalized spacial score (nSPS) is 11.5. The molecule has 0 aliphatic carbocycles. The number of nitrogens with zero attached hydrogens (tertiary/aromatic N) is 2. The van der Waals surface area contributed by atoms with Gasteiger partial charge in [-0.2, -0.15) is 0 Å². The molecule has 0 saturated carbocycles. The average Bonchev–Trinajstić information content (AvgIpc) is 1.86. The molecule has 0 saturated heterocycles. The Hall–Kier alpha value is -0.970. The Bertz CT molecular complexity index is 359. The highest BCUT2D eigenvalue weighted by atomic mass is 32.2. The fourth-order valence-electron chi connectivity index (χ4n) is 0.555. The number of sulfone groups is 1. The Morgan fingerprint density at radius 2 is 2.18 bits per heavy atom. The quantitative estimate of drug-likeness (QED) is 0.557. The van der Waals surface area contributed by atoms with Crippen LogP contribution in [0.4, 0.5) is 0 Å². The van der Waals surface area contributed by atoms with Gasteiger partial charge in [0, 0.05) is 11.9 Å². The Morgan fingerprint density at radius 3 is 2.55 bits per heavy atom. The summed E-state index contributed by atoms with van der Waals surface area (Å²) in [5, 5.41) is -0.169. The van der Waals surface area contributed by atoms with Crippen LogP contribution in [0.2, 0.25) is 0 Å². The fraction of sp³-hybridized carbons (Fsp3) is 0.333. The minimum absolute atomic E-state index is 0.169. The summed E-state index contributed by atoms with van der Waals surface area (Å²) >= 11 is 0. The summed E-state index contributed by atoms with van der Waals surface area (Å²) in [5.74, 6) is 0. The smallest absolute Gasteiger partial charge is 0.224 e. The Labute approximate surface area is 65.2 Å². The van der Waals surface area contributed by atoms with Gasteiger partial charge in [-0.3, -0.25) is 0 Å². The van der Waals surface area contributed by atoms with Gasteiger partial charge in [-0.25, -0.2) is 18.4 Å². The zero-order valence-electron chi connectivity index (χ0n) is 6.20. The molecule has 0 N–H and O–H groups in total. The van der Waals surface area contributed by atoms with Crippen LogP contribution in [0.15, 0.2) is 11.2 Å². The van der Waals surface area contributed by atoms with Crippen molar-refractivity contribution in [1.82, 2.24) is 9.97 Å². The predicted octanol–water partition coefficient (Wildman–Crippen LogP) is -0.0113. The van der Waals surface area contributed by atoms with Crippen LogP contribution in [0.3, 0.4) is 0 Å². The lowest BCUT2D eigenvalue weighted by molar-refractivity contribution is 0.592. The molecule has 0 aliphatic rings. The second kappa shape index (κ2) is 2.58. The van der Waals surface area contributed by atoms with Crippen molar-refractivity contribution in [2.24, 2.45) is 0 Å². The molecule has 0 fully saturated rings. The van der Waals surface area contributed by atoms with Gasteiger partial charge in [0.2, 0.25) is 15.0 Å². The second-order valence-corrected chi connectivity index (χ2v) is 4.10. The highest BCUT2D eigenvalue weighted by Crippen LogP contribution is 1.99. The number of hydrogen-bond acceptors (Lipinski definition) is 4. The number of hydrogen-bond donors (Lipinski definition) is 0. The summed E-state index contributed by atoms with van der Waals surface area (Å²) in [4.78, 5) is 7.20. The minimum Gasteiger partial charge on any atom is -0.224 e. The van der Waals surface area contributed by atoms with E-state index in [-0.39, 0.29) is 5.16 Å². The Morgan fingerprint density at radius 1 is 1.55 bits per heavy atom. The third-order valence-electron chi connectivity index (χ3n) is 1.04. The van der Waals surface area contributed by atoms with E-state index < -0.39 is 9.84 Å². The summed E-state index contributed by atoms with van der Waals surface area (Å²) in [7, 11) is -3.28. The second-order valence-electron chi connectivity index (χ2n) is 2.19. The molecule has 0 atom stereocenters. The van der Waals surface area contributed by atoms with Crippen molar-refractivity contribution < 1.29 is 8.42 Å². The first-order valence-corrected chi connectivity index (χ1v) is 4.81. The first-order valence-electron chi connectivity index (χ1n) is 2.92. The summed E-state index contributed by atoms with van der Waals surface area (Å²) in [6.07, 6.45) is 3.51. The van der Waals surface area contributed by atoms with Crippen molar-refractivity contribution >= 4 is 9.84 Å². The molecule has 0 aliphatic heterocycles. The first-order chi connectivity index (χ1) is 5.00. The lowest BCUT2D eigenvalue weighted by Crippen LogP contribution is -2.04. The molecule has 1 radical (unpaired) electrons. The van der Waals surface area contributed by atoms with Crippen LogP contribution in [0.5, 0.6) is 0 Å². The van der Waals surface area contributed by atoms with Gasteiger partial charge >= 0.3 is 0 Å². The van der Waals surface area contributed by atoms with Crippen molar-refractivity contribution in [2.45, 2.75) is 12.1 Å². The van der Waals surface area contributed by atoms with Crippen LogP contribution >= 0.6 is 0 Å². The third-order valence-corrected chi connectivity index (χ3v) is 1.88. The molecule has 0 aromatic carbocycles. The molecule has 0 unspecified atom stereocenters. The summed E-state index contributed by atoms with van der Waals surface area (Å²) in [6, 6.07) is 1.52. The molecular formula is C6H7N2O2S. The zero-order valence-corrected chi connectivity index (χ0v) is 7.01. The molecule has 59 valence electrons. The molecule has 11 heavy (non-hydrogen) atoms. The first kappa shape index (κ1) is 8.13. The Kier molecular flexibility index (Phi) is 1.90. The zero-order chi connectivity index (χ0) is 8.48. The van der Waals surface area contributed by atoms with E-state index in [1.165, 1.54) is 6.07 Å². The van der Waals surface area contributed by atoms with Gasteiger partial charge in [0.05, 0.1) is 6.20 Å². The third kappa shape index (κ3) is 1.98. The molecule has 4 nitrogen and oxygen atoms in total. The maximum atomic E-state index is 10.8. The largest absolute Gasteiger partial charge is 0.247 e. The van der Waals surface area contributed by atoms with Crippen LogP contribution in [0.25, 0.3) is 0 Å². The van der Waals surface area contributed by atoms with Crippen LogP contribution in [-0.2, 0) is 9.84 Å². The van der Waals surface area contributed by atoms with E-state index >= 15 is 0 Å². The lowest BCUT2D eigenvalue weighted by Gasteiger charge is -1.94. The van der Waals surface area contributed by atoms with Crippen LogP contribution in [-0.4, -0.2) is 24.6 Å². The maximum absolute atomic E-state index is 10.8. The topological polar surface area (TPSA) is 59.9 Å². The molecule has 0 amide bonds. The van der Waals surface area contributed by atoms with E-state index in [0.29, 0.717) is 5.69 Å². The molecule has 1 aromatic rings. The molecule has 0 bridgehead atoms. The van der Waals surface area contributed by atoms with Crippen LogP contribution in [0, 0.1) is 13.1 Å². The monoisotopic (exact) mass is 171 g/mol. The molecule has 1 rings (SSSR count). The van der Waals surface area contributed by atoms with Gasteiger partial charge in [-0.15, -0.1) is 0 Å². The molecule has 0 spiro atoms. The van der Waals surface area contributed by atoms with Crippen LogP contribution in [0.1, 0.15) is 5.69 Å². The van der Waals surface area contributed by atoms with E-state index in [0.717, 1.165) is 6.26 Å². The minimum atomic E-state index is -3.28. The molecule has 1 aromatic heterocycles. The van der Waals surface area contributed by atoms with E-state index in [1.54, 1.807) is 6.92 Å². The van der Waals surface area contributed by atoms with Gasteiger partial charge in [0.15, 0.2) is 0 Å². The summed E-state index contributed by atoms with van der Waals surface area (Å²) in [6.45, 7) is 1.69. The number of rotatable bonds is 1. The van der Waals surface area contributed by atoms with Gasteiger partial charge in [-0.05, 0) is 13.0 Å². The highest BCUT2D eigenvalue weighted by Gasteiger charge is 2.09. The lowest BCUT2D eigenvalue weighted by atomic mass is 10.5. The van der Waals surface area contributed by atoms with E-state index in [9.17, 15) is 8.42 Å². The predicted molar refractivity (Wildman–Crippen MR) is 38.7 cm³/mol. The van der Waals surface area contributed by atoms with Gasteiger partial charge < -0.3 is 0 Å². The van der Waals surface area contributed by atoms with E-state index in [2.05, 4.69) is 16.2 Å². The van der Waals surface area contributed by atoms with Crippen molar-refractivity contribution in [3.63, 3.8) is 0 Å². The van der Waals surface area contributed by atoms with E-state index in [1.807, 2.05) is 0 Å². The van der Waals surface area contributed by atoms with Gasteiger partial charge in [0.1, 0.15) is 0 Å². The summed E-state index contributed by atoms with van der Waals surface area (Å²) < 4.78 is 21.7. The van der Waals surface area contributed by atoms with Crippen molar-refractivity contribution in [1.29, 1.82) is 0 Å². The molecular weight excluding hydrogens is 164 g/mol.